The van der Waals surface area contributed by atoms with Crippen molar-refractivity contribution in [3.8, 4) is 0 Å². The van der Waals surface area contributed by atoms with Crippen molar-refractivity contribution in [3.63, 3.8) is 0 Å². The lowest BCUT2D eigenvalue weighted by Gasteiger charge is -2.18. The van der Waals surface area contributed by atoms with E-state index < -0.39 is 10.0 Å². The molecule has 6 nitrogen and oxygen atoms in total. The number of carbonyl (C=O) groups is 1. The highest BCUT2D eigenvalue weighted by molar-refractivity contribution is 9.10. The summed E-state index contributed by atoms with van der Waals surface area (Å²) in [7, 11) is -0.596. The molecule has 23 heavy (non-hydrogen) atoms. The van der Waals surface area contributed by atoms with Crippen molar-refractivity contribution in [2.24, 2.45) is 11.7 Å². The zero-order chi connectivity index (χ0) is 16.5. The van der Waals surface area contributed by atoms with E-state index >= 15 is 0 Å². The fourth-order valence-electron chi connectivity index (χ4n) is 2.43. The molecule has 9 heteroatoms. The molecule has 0 aromatic heterocycles. The van der Waals surface area contributed by atoms with Crippen LogP contribution in [0.3, 0.4) is 0 Å². The van der Waals surface area contributed by atoms with Crippen LogP contribution >= 0.6 is 28.3 Å². The molecule has 1 unspecified atom stereocenters. The van der Waals surface area contributed by atoms with E-state index in [0.29, 0.717) is 35.6 Å². The first-order valence-corrected chi connectivity index (χ1v) is 9.22. The third-order valence-corrected chi connectivity index (χ3v) is 6.64. The Morgan fingerprint density at radius 3 is 2.57 bits per heavy atom. The van der Waals surface area contributed by atoms with Crippen LogP contribution in [0.2, 0.25) is 0 Å². The fraction of sp³-hybridized carbons (Fsp3) is 0.500. The molecule has 1 aliphatic rings. The number of halogens is 2. The number of nitrogens with two attached hydrogens (primary N) is 1. The first-order valence-electron chi connectivity index (χ1n) is 6.98. The summed E-state index contributed by atoms with van der Waals surface area (Å²) >= 11 is 3.26. The van der Waals surface area contributed by atoms with Crippen LogP contribution in [0, 0.1) is 5.92 Å². The summed E-state index contributed by atoms with van der Waals surface area (Å²) < 4.78 is 25.8. The van der Waals surface area contributed by atoms with Gasteiger partial charge in [0.2, 0.25) is 10.0 Å². The summed E-state index contributed by atoms with van der Waals surface area (Å²) in [6.45, 7) is 1.92. The van der Waals surface area contributed by atoms with Crippen molar-refractivity contribution < 1.29 is 13.2 Å². The molecule has 1 saturated heterocycles. The number of hydrogen-bond donors (Lipinski definition) is 1. The summed E-state index contributed by atoms with van der Waals surface area (Å²) in [4.78, 5) is 14.4. The number of hydrogen-bond acceptors (Lipinski definition) is 4. The Labute approximate surface area is 151 Å². The minimum atomic E-state index is -3.54. The SMILES string of the molecule is CN(C)S(=O)(=O)c1ccc(C(=O)N2CCC(CN)C2)cc1Br.Cl. The molecule has 0 spiro atoms. The van der Waals surface area contributed by atoms with Crippen LogP contribution in [0.5, 0.6) is 0 Å². The average Bonchev–Trinajstić information content (AvgIpc) is 2.94. The van der Waals surface area contributed by atoms with Gasteiger partial charge < -0.3 is 10.6 Å². The van der Waals surface area contributed by atoms with Crippen LogP contribution in [0.25, 0.3) is 0 Å². The van der Waals surface area contributed by atoms with Crippen LogP contribution < -0.4 is 5.73 Å². The molecule has 130 valence electrons. The van der Waals surface area contributed by atoms with Crippen molar-refractivity contribution in [2.75, 3.05) is 33.7 Å². The number of rotatable bonds is 4. The van der Waals surface area contributed by atoms with Gasteiger partial charge in [0.1, 0.15) is 0 Å². The molecule has 0 aliphatic carbocycles. The van der Waals surface area contributed by atoms with Crippen LogP contribution in [0.15, 0.2) is 27.6 Å². The summed E-state index contributed by atoms with van der Waals surface area (Å²) in [6, 6.07) is 4.58. The molecule has 1 fully saturated rings. The summed E-state index contributed by atoms with van der Waals surface area (Å²) in [5.41, 5.74) is 6.11. The maximum absolute atomic E-state index is 12.5. The second kappa shape index (κ2) is 7.94. The average molecular weight is 427 g/mol. The van der Waals surface area contributed by atoms with E-state index in [9.17, 15) is 13.2 Å². The zero-order valence-corrected chi connectivity index (χ0v) is 16.2. The zero-order valence-electron chi connectivity index (χ0n) is 13.0. The van der Waals surface area contributed by atoms with E-state index in [1.54, 1.807) is 17.0 Å². The number of carbonyl (C=O) groups excluding carboxylic acids is 1. The number of benzene rings is 1. The normalized spacial score (nSPS) is 18.1. The largest absolute Gasteiger partial charge is 0.338 e. The predicted octanol–water partition coefficient (Wildman–Crippen LogP) is 1.54. The van der Waals surface area contributed by atoms with Gasteiger partial charge in [-0.2, -0.15) is 0 Å². The Kier molecular flexibility index (Phi) is 7.03. The minimum absolute atomic E-state index is 0. The number of sulfonamides is 1. The molecule has 1 amide bonds. The Bertz CT molecular complexity index is 682. The van der Waals surface area contributed by atoms with E-state index in [2.05, 4.69) is 15.9 Å². The molecule has 1 aromatic carbocycles. The first kappa shape index (κ1) is 20.4. The summed E-state index contributed by atoms with van der Waals surface area (Å²) in [5.74, 6) is 0.256. The Balaban J connectivity index is 0.00000264. The van der Waals surface area contributed by atoms with Gasteiger partial charge in [-0.3, -0.25) is 4.79 Å². The predicted molar refractivity (Wildman–Crippen MR) is 95.3 cm³/mol. The van der Waals surface area contributed by atoms with Gasteiger partial charge in [-0.05, 0) is 53.0 Å². The van der Waals surface area contributed by atoms with Gasteiger partial charge in [0.25, 0.3) is 5.91 Å². The van der Waals surface area contributed by atoms with Crippen LogP contribution in [0.1, 0.15) is 16.8 Å². The van der Waals surface area contributed by atoms with Crippen LogP contribution in [0.4, 0.5) is 0 Å². The minimum Gasteiger partial charge on any atom is -0.338 e. The lowest BCUT2D eigenvalue weighted by Crippen LogP contribution is -2.30. The summed E-state index contributed by atoms with van der Waals surface area (Å²) in [6.07, 6.45) is 0.913. The molecule has 1 aromatic rings. The van der Waals surface area contributed by atoms with Gasteiger partial charge in [-0.1, -0.05) is 0 Å². The molecule has 0 bridgehead atoms. The third-order valence-electron chi connectivity index (χ3n) is 3.84. The molecule has 2 rings (SSSR count). The number of amides is 1. The first-order chi connectivity index (χ1) is 10.3. The molecule has 0 saturated carbocycles. The monoisotopic (exact) mass is 425 g/mol. The molecule has 1 heterocycles. The maximum atomic E-state index is 12.5. The summed E-state index contributed by atoms with van der Waals surface area (Å²) in [5, 5.41) is 0. The van der Waals surface area contributed by atoms with Crippen LogP contribution in [-0.2, 0) is 10.0 Å². The standard InChI is InChI=1S/C14H20BrN3O3S.ClH/c1-17(2)22(20,21)13-4-3-11(7-12(13)15)14(19)18-6-5-10(8-16)9-18;/h3-4,7,10H,5-6,8-9,16H2,1-2H3;1H. The second-order valence-electron chi connectivity index (χ2n) is 5.57. The number of likely N-dealkylation sites (tertiary alicyclic amines) is 1. The lowest BCUT2D eigenvalue weighted by molar-refractivity contribution is 0.0787. The molecule has 1 aliphatic heterocycles. The maximum Gasteiger partial charge on any atom is 0.253 e. The topological polar surface area (TPSA) is 83.7 Å². The van der Waals surface area contributed by atoms with Gasteiger partial charge in [-0.25, -0.2) is 12.7 Å². The Hall–Kier alpha value is -0.670. The fourth-order valence-corrected chi connectivity index (χ4v) is 4.36. The van der Waals surface area contributed by atoms with E-state index in [0.717, 1.165) is 10.7 Å². The van der Waals surface area contributed by atoms with Crippen molar-refractivity contribution in [1.82, 2.24) is 9.21 Å². The van der Waals surface area contributed by atoms with Gasteiger partial charge in [0, 0.05) is 37.2 Å². The van der Waals surface area contributed by atoms with Crippen molar-refractivity contribution in [2.45, 2.75) is 11.3 Å². The Morgan fingerprint density at radius 2 is 2.09 bits per heavy atom. The highest BCUT2D eigenvalue weighted by Crippen LogP contribution is 2.26. The van der Waals surface area contributed by atoms with E-state index in [-0.39, 0.29) is 23.2 Å². The highest BCUT2D eigenvalue weighted by atomic mass is 79.9. The molecule has 2 N–H and O–H groups in total. The van der Waals surface area contributed by atoms with Gasteiger partial charge >= 0.3 is 0 Å². The van der Waals surface area contributed by atoms with Gasteiger partial charge in [0.15, 0.2) is 0 Å². The van der Waals surface area contributed by atoms with Crippen LogP contribution in [-0.4, -0.2) is 57.3 Å². The number of nitrogens with zero attached hydrogens (tertiary/aromatic N) is 2. The second-order valence-corrected chi connectivity index (χ2v) is 8.55. The van der Waals surface area contributed by atoms with Gasteiger partial charge in [0.05, 0.1) is 4.90 Å². The third kappa shape index (κ3) is 4.24. The van der Waals surface area contributed by atoms with E-state index in [1.165, 1.54) is 20.2 Å². The van der Waals surface area contributed by atoms with Crippen molar-refractivity contribution in [3.05, 3.63) is 28.2 Å². The Morgan fingerprint density at radius 1 is 1.43 bits per heavy atom. The quantitative estimate of drug-likeness (QED) is 0.791. The highest BCUT2D eigenvalue weighted by Gasteiger charge is 2.27. The molecule has 1 atom stereocenters. The van der Waals surface area contributed by atoms with E-state index in [1.807, 2.05) is 0 Å². The molecule has 0 radical (unpaired) electrons. The van der Waals surface area contributed by atoms with Gasteiger partial charge in [-0.15, -0.1) is 12.4 Å². The lowest BCUT2D eigenvalue weighted by atomic mass is 10.1. The molecular formula is C14H21BrClN3O3S. The van der Waals surface area contributed by atoms with E-state index in [4.69, 9.17) is 5.73 Å². The molecular weight excluding hydrogens is 406 g/mol. The van der Waals surface area contributed by atoms with Crippen molar-refractivity contribution >= 4 is 44.3 Å². The smallest absolute Gasteiger partial charge is 0.253 e. The van der Waals surface area contributed by atoms with Crippen molar-refractivity contribution in [1.29, 1.82) is 0 Å².